The molecule has 0 aliphatic carbocycles. The maximum Gasteiger partial charge on any atom is 0.255 e. The van der Waals surface area contributed by atoms with Crippen LogP contribution in [0.3, 0.4) is 0 Å². The minimum absolute atomic E-state index is 0.0188. The molecule has 0 fully saturated rings. The van der Waals surface area contributed by atoms with Crippen LogP contribution in [0.1, 0.15) is 23.7 Å². The van der Waals surface area contributed by atoms with Gasteiger partial charge in [-0.15, -0.1) is 0 Å². The number of ether oxygens (including phenoxy) is 1. The second kappa shape index (κ2) is 8.39. The second-order valence-corrected chi connectivity index (χ2v) is 7.42. The molecule has 0 aliphatic heterocycles. The summed E-state index contributed by atoms with van der Waals surface area (Å²) >= 11 is 0. The highest BCUT2D eigenvalue weighted by Crippen LogP contribution is 2.27. The van der Waals surface area contributed by atoms with E-state index in [1.807, 2.05) is 0 Å². The fourth-order valence-electron chi connectivity index (χ4n) is 2.10. The number of amides is 1. The van der Waals surface area contributed by atoms with Crippen LogP contribution in [-0.2, 0) is 10.0 Å². The summed E-state index contributed by atoms with van der Waals surface area (Å²) in [6, 6.07) is 3.87. The molecule has 0 radical (unpaired) electrons. The van der Waals surface area contributed by atoms with E-state index in [9.17, 15) is 22.0 Å². The number of benzene rings is 1. The molecule has 0 unspecified atom stereocenters. The Morgan fingerprint density at radius 1 is 1.29 bits per heavy atom. The topological polar surface area (TPSA) is 66.9 Å². The number of carbonyl (C=O) groups excluding carboxylic acids is 1. The Morgan fingerprint density at radius 2 is 1.92 bits per heavy atom. The van der Waals surface area contributed by atoms with Crippen LogP contribution in [0.15, 0.2) is 23.1 Å². The first kappa shape index (κ1) is 20.3. The molecule has 24 heavy (non-hydrogen) atoms. The zero-order valence-electron chi connectivity index (χ0n) is 14.1. The van der Waals surface area contributed by atoms with Crippen molar-refractivity contribution >= 4 is 15.9 Å². The van der Waals surface area contributed by atoms with E-state index in [1.165, 1.54) is 33.3 Å². The Labute approximate surface area is 141 Å². The predicted molar refractivity (Wildman–Crippen MR) is 86.1 cm³/mol. The fraction of sp³-hybridized carbons (Fsp3) is 0.533. The van der Waals surface area contributed by atoms with Crippen molar-refractivity contribution < 1.29 is 26.7 Å². The summed E-state index contributed by atoms with van der Waals surface area (Å²) in [6.45, 7) is 1.22. The molecule has 136 valence electrons. The van der Waals surface area contributed by atoms with Crippen molar-refractivity contribution in [3.63, 3.8) is 0 Å². The molecule has 0 N–H and O–H groups in total. The average molecular weight is 364 g/mol. The SMILES string of the molecule is CCCN(CC(F)F)C(=O)c1ccc(OC)c(S(=O)(=O)N(C)C)c1. The van der Waals surface area contributed by atoms with Crippen LogP contribution >= 0.6 is 0 Å². The molecule has 0 aliphatic rings. The van der Waals surface area contributed by atoms with Crippen LogP contribution in [-0.4, -0.2) is 64.3 Å². The van der Waals surface area contributed by atoms with E-state index in [2.05, 4.69) is 0 Å². The summed E-state index contributed by atoms with van der Waals surface area (Å²) in [7, 11) is 0.165. The molecule has 1 amide bonds. The van der Waals surface area contributed by atoms with Crippen LogP contribution in [0.4, 0.5) is 8.78 Å². The third kappa shape index (κ3) is 4.64. The largest absolute Gasteiger partial charge is 0.495 e. The van der Waals surface area contributed by atoms with E-state index < -0.39 is 28.9 Å². The van der Waals surface area contributed by atoms with Crippen molar-refractivity contribution in [2.24, 2.45) is 0 Å². The number of hydrogen-bond donors (Lipinski definition) is 0. The van der Waals surface area contributed by atoms with Crippen molar-refractivity contribution in [2.45, 2.75) is 24.7 Å². The van der Waals surface area contributed by atoms with Gasteiger partial charge in [-0.3, -0.25) is 4.79 Å². The normalized spacial score (nSPS) is 11.8. The van der Waals surface area contributed by atoms with Gasteiger partial charge in [0.1, 0.15) is 10.6 Å². The smallest absolute Gasteiger partial charge is 0.255 e. The first-order valence-corrected chi connectivity index (χ1v) is 8.77. The highest BCUT2D eigenvalue weighted by Gasteiger charge is 2.26. The minimum Gasteiger partial charge on any atom is -0.495 e. The molecule has 0 bridgehead atoms. The molecular formula is C15H22F2N2O4S. The lowest BCUT2D eigenvalue weighted by atomic mass is 10.2. The maximum atomic E-state index is 12.7. The lowest BCUT2D eigenvalue weighted by Gasteiger charge is -2.22. The third-order valence-electron chi connectivity index (χ3n) is 3.31. The van der Waals surface area contributed by atoms with Gasteiger partial charge in [0.15, 0.2) is 0 Å². The van der Waals surface area contributed by atoms with Gasteiger partial charge in [0.25, 0.3) is 12.3 Å². The van der Waals surface area contributed by atoms with Crippen molar-refractivity contribution in [1.82, 2.24) is 9.21 Å². The Bertz CT molecular complexity index is 678. The summed E-state index contributed by atoms with van der Waals surface area (Å²) in [5.74, 6) is -0.564. The highest BCUT2D eigenvalue weighted by atomic mass is 32.2. The lowest BCUT2D eigenvalue weighted by molar-refractivity contribution is 0.0555. The monoisotopic (exact) mass is 364 g/mol. The molecule has 9 heteroatoms. The summed E-state index contributed by atoms with van der Waals surface area (Å²) in [5.41, 5.74) is 0.0188. The van der Waals surface area contributed by atoms with Gasteiger partial charge < -0.3 is 9.64 Å². The van der Waals surface area contributed by atoms with E-state index in [0.717, 1.165) is 15.3 Å². The fourth-order valence-corrected chi connectivity index (χ4v) is 3.18. The number of alkyl halides is 2. The van der Waals surface area contributed by atoms with Crippen LogP contribution in [0.25, 0.3) is 0 Å². The lowest BCUT2D eigenvalue weighted by Crippen LogP contribution is -2.36. The molecule has 0 saturated carbocycles. The summed E-state index contributed by atoms with van der Waals surface area (Å²) < 4.78 is 56.1. The molecule has 1 rings (SSSR count). The Kier molecular flexibility index (Phi) is 7.09. The van der Waals surface area contributed by atoms with Crippen molar-refractivity contribution in [2.75, 3.05) is 34.3 Å². The van der Waals surface area contributed by atoms with Crippen LogP contribution in [0.2, 0.25) is 0 Å². The van der Waals surface area contributed by atoms with Crippen LogP contribution in [0, 0.1) is 0 Å². The number of halogens is 2. The minimum atomic E-state index is -3.85. The molecule has 1 aromatic rings. The quantitative estimate of drug-likeness (QED) is 0.708. The van der Waals surface area contributed by atoms with E-state index >= 15 is 0 Å². The van der Waals surface area contributed by atoms with Gasteiger partial charge >= 0.3 is 0 Å². The molecule has 0 spiro atoms. The molecule has 0 atom stereocenters. The zero-order chi connectivity index (χ0) is 18.5. The first-order chi connectivity index (χ1) is 11.1. The number of sulfonamides is 1. The average Bonchev–Trinajstić information content (AvgIpc) is 2.52. The Hall–Kier alpha value is -1.74. The summed E-state index contributed by atoms with van der Waals surface area (Å²) in [4.78, 5) is 13.3. The zero-order valence-corrected chi connectivity index (χ0v) is 14.9. The molecule has 1 aromatic carbocycles. The van der Waals surface area contributed by atoms with Gasteiger partial charge in [-0.05, 0) is 24.6 Å². The highest BCUT2D eigenvalue weighted by molar-refractivity contribution is 7.89. The van der Waals surface area contributed by atoms with E-state index in [0.29, 0.717) is 6.42 Å². The second-order valence-electron chi connectivity index (χ2n) is 5.30. The van der Waals surface area contributed by atoms with Gasteiger partial charge in [0.05, 0.1) is 13.7 Å². The van der Waals surface area contributed by atoms with Crippen molar-refractivity contribution in [3.05, 3.63) is 23.8 Å². The summed E-state index contributed by atoms with van der Waals surface area (Å²) in [5, 5.41) is 0. The number of hydrogen-bond acceptors (Lipinski definition) is 4. The maximum absolute atomic E-state index is 12.7. The Morgan fingerprint density at radius 3 is 2.38 bits per heavy atom. The van der Waals surface area contributed by atoms with Crippen LogP contribution < -0.4 is 4.74 Å². The van der Waals surface area contributed by atoms with Gasteiger partial charge in [-0.2, -0.15) is 0 Å². The third-order valence-corrected chi connectivity index (χ3v) is 5.14. The Balaban J connectivity index is 3.32. The van der Waals surface area contributed by atoms with Gasteiger partial charge in [0.2, 0.25) is 10.0 Å². The molecule has 6 nitrogen and oxygen atoms in total. The van der Waals surface area contributed by atoms with E-state index in [-0.39, 0.29) is 22.8 Å². The summed E-state index contributed by atoms with van der Waals surface area (Å²) in [6.07, 6.45) is -2.15. The first-order valence-electron chi connectivity index (χ1n) is 7.33. The number of methoxy groups -OCH3 is 1. The molecule has 0 aromatic heterocycles. The van der Waals surface area contributed by atoms with Crippen LogP contribution in [0.5, 0.6) is 5.75 Å². The number of rotatable bonds is 8. The number of carbonyl (C=O) groups is 1. The van der Waals surface area contributed by atoms with Gasteiger partial charge in [-0.25, -0.2) is 21.5 Å². The van der Waals surface area contributed by atoms with E-state index in [1.54, 1.807) is 6.92 Å². The van der Waals surface area contributed by atoms with E-state index in [4.69, 9.17) is 4.74 Å². The van der Waals surface area contributed by atoms with Gasteiger partial charge in [-0.1, -0.05) is 6.92 Å². The number of nitrogens with zero attached hydrogens (tertiary/aromatic N) is 2. The molecule has 0 heterocycles. The van der Waals surface area contributed by atoms with Crippen molar-refractivity contribution in [3.8, 4) is 5.75 Å². The van der Waals surface area contributed by atoms with Crippen molar-refractivity contribution in [1.29, 1.82) is 0 Å². The molecule has 0 saturated heterocycles. The standard InChI is InChI=1S/C15H22F2N2O4S/c1-5-8-19(10-14(16)17)15(20)11-6-7-12(23-4)13(9-11)24(21,22)18(2)3/h6-7,9,14H,5,8,10H2,1-4H3. The van der Waals surface area contributed by atoms with Gasteiger partial charge in [0, 0.05) is 26.2 Å². The molecular weight excluding hydrogens is 342 g/mol. The predicted octanol–water partition coefficient (Wildman–Crippen LogP) is 2.06.